The molecule has 1 N–H and O–H groups in total. The average Bonchev–Trinajstić information content (AvgIpc) is 2.31. The number of piperazine rings is 1. The van der Waals surface area contributed by atoms with Crippen LogP contribution in [0.5, 0.6) is 0 Å². The second kappa shape index (κ2) is 6.59. The number of nitrogens with one attached hydrogen (secondary N) is 1. The molecule has 2 amide bonds. The van der Waals surface area contributed by atoms with E-state index >= 15 is 0 Å². The predicted molar refractivity (Wildman–Crippen MR) is 81.2 cm³/mol. The minimum atomic E-state index is -0.407. The van der Waals surface area contributed by atoms with E-state index in [-0.39, 0.29) is 23.3 Å². The lowest BCUT2D eigenvalue weighted by molar-refractivity contribution is -0.152. The highest BCUT2D eigenvalue weighted by Gasteiger charge is 2.44. The van der Waals surface area contributed by atoms with Gasteiger partial charge in [0, 0.05) is 6.54 Å². The summed E-state index contributed by atoms with van der Waals surface area (Å²) in [5, 5.41) is 2.93. The summed E-state index contributed by atoms with van der Waals surface area (Å²) in [6, 6.07) is -0.694. The minimum Gasteiger partial charge on any atom is -0.342 e. The number of nitrogens with zero attached hydrogens (tertiary/aromatic N) is 1. The van der Waals surface area contributed by atoms with Gasteiger partial charge in [0.25, 0.3) is 0 Å². The molecule has 0 spiro atoms. The van der Waals surface area contributed by atoms with Gasteiger partial charge >= 0.3 is 0 Å². The van der Waals surface area contributed by atoms with Crippen molar-refractivity contribution in [2.45, 2.75) is 72.9 Å². The Morgan fingerprint density at radius 2 is 1.85 bits per heavy atom. The van der Waals surface area contributed by atoms with Gasteiger partial charge in [0.15, 0.2) is 0 Å². The van der Waals surface area contributed by atoms with Crippen LogP contribution in [-0.4, -0.2) is 35.3 Å². The molecule has 0 aromatic rings. The van der Waals surface area contributed by atoms with Gasteiger partial charge in [0.05, 0.1) is 0 Å². The Morgan fingerprint density at radius 1 is 1.25 bits per heavy atom. The quantitative estimate of drug-likeness (QED) is 0.842. The molecule has 0 aliphatic carbocycles. The van der Waals surface area contributed by atoms with Crippen LogP contribution < -0.4 is 5.32 Å². The summed E-state index contributed by atoms with van der Waals surface area (Å²) in [6.07, 6.45) is 2.59. The molecule has 2 atom stereocenters. The Morgan fingerprint density at radius 3 is 2.30 bits per heavy atom. The molecule has 2 unspecified atom stereocenters. The molecule has 116 valence electrons. The van der Waals surface area contributed by atoms with Crippen molar-refractivity contribution in [3.63, 3.8) is 0 Å². The third-order valence-electron chi connectivity index (χ3n) is 3.87. The maximum atomic E-state index is 12.7. The van der Waals surface area contributed by atoms with Crippen LogP contribution >= 0.6 is 0 Å². The molecule has 1 fully saturated rings. The monoisotopic (exact) mass is 282 g/mol. The van der Waals surface area contributed by atoms with Gasteiger partial charge in [-0.05, 0) is 24.2 Å². The van der Waals surface area contributed by atoms with Crippen LogP contribution in [0.1, 0.15) is 60.8 Å². The van der Waals surface area contributed by atoms with Crippen LogP contribution in [0.25, 0.3) is 0 Å². The largest absolute Gasteiger partial charge is 0.342 e. The van der Waals surface area contributed by atoms with Crippen LogP contribution in [0, 0.1) is 11.3 Å². The van der Waals surface area contributed by atoms with Crippen LogP contribution in [0.3, 0.4) is 0 Å². The Bertz CT molecular complexity index is 358. The van der Waals surface area contributed by atoms with Crippen molar-refractivity contribution in [2.75, 3.05) is 6.54 Å². The van der Waals surface area contributed by atoms with E-state index in [2.05, 4.69) is 19.2 Å². The number of carbonyl (C=O) groups excluding carboxylic acids is 2. The van der Waals surface area contributed by atoms with E-state index in [4.69, 9.17) is 0 Å². The normalized spacial score (nSPS) is 24.2. The van der Waals surface area contributed by atoms with Gasteiger partial charge in [-0.15, -0.1) is 0 Å². The molecule has 1 heterocycles. The van der Waals surface area contributed by atoms with Crippen LogP contribution in [0.2, 0.25) is 0 Å². The van der Waals surface area contributed by atoms with Crippen molar-refractivity contribution in [3.8, 4) is 0 Å². The molecule has 1 aliphatic heterocycles. The first-order chi connectivity index (χ1) is 9.18. The van der Waals surface area contributed by atoms with Crippen molar-refractivity contribution in [2.24, 2.45) is 11.3 Å². The molecule has 0 bridgehead atoms. The maximum absolute atomic E-state index is 12.7. The van der Waals surface area contributed by atoms with E-state index in [9.17, 15) is 9.59 Å². The fourth-order valence-electron chi connectivity index (χ4n) is 2.57. The second-order valence-electron chi connectivity index (χ2n) is 7.33. The Hall–Kier alpha value is -1.06. The zero-order valence-corrected chi connectivity index (χ0v) is 13.8. The highest BCUT2D eigenvalue weighted by Crippen LogP contribution is 2.26. The summed E-state index contributed by atoms with van der Waals surface area (Å²) in [5.74, 6) is 0.620. The van der Waals surface area contributed by atoms with Gasteiger partial charge in [-0.25, -0.2) is 0 Å². The molecule has 0 saturated carbocycles. The lowest BCUT2D eigenvalue weighted by Crippen LogP contribution is -2.66. The molecule has 4 nitrogen and oxygen atoms in total. The van der Waals surface area contributed by atoms with Crippen LogP contribution in [0.4, 0.5) is 0 Å². The molecule has 1 saturated heterocycles. The summed E-state index contributed by atoms with van der Waals surface area (Å²) in [7, 11) is 0. The van der Waals surface area contributed by atoms with E-state index in [1.807, 2.05) is 32.6 Å². The van der Waals surface area contributed by atoms with Gasteiger partial charge < -0.3 is 10.2 Å². The van der Waals surface area contributed by atoms with Crippen molar-refractivity contribution >= 4 is 11.8 Å². The number of hydrogen-bond acceptors (Lipinski definition) is 2. The van der Waals surface area contributed by atoms with Crippen LogP contribution in [-0.2, 0) is 9.59 Å². The van der Waals surface area contributed by atoms with E-state index in [1.165, 1.54) is 0 Å². The highest BCUT2D eigenvalue weighted by atomic mass is 16.2. The summed E-state index contributed by atoms with van der Waals surface area (Å²) >= 11 is 0. The fourth-order valence-corrected chi connectivity index (χ4v) is 2.57. The van der Waals surface area contributed by atoms with Crippen molar-refractivity contribution < 1.29 is 9.59 Å². The van der Waals surface area contributed by atoms with Crippen molar-refractivity contribution in [1.82, 2.24) is 10.2 Å². The third-order valence-corrected chi connectivity index (χ3v) is 3.87. The number of amides is 2. The van der Waals surface area contributed by atoms with E-state index in [1.54, 1.807) is 0 Å². The molecule has 20 heavy (non-hydrogen) atoms. The lowest BCUT2D eigenvalue weighted by atomic mass is 9.83. The summed E-state index contributed by atoms with van der Waals surface area (Å²) in [4.78, 5) is 26.9. The molecule has 4 heteroatoms. The SMILES string of the molecule is CCCC1C(=O)NC(C(C)(C)C)C(=O)N1CCC(C)C. The number of carbonyl (C=O) groups is 2. The average molecular weight is 282 g/mol. The summed E-state index contributed by atoms with van der Waals surface area (Å²) < 4.78 is 0. The van der Waals surface area contributed by atoms with E-state index in [0.717, 1.165) is 19.3 Å². The first kappa shape index (κ1) is 17.0. The molecular formula is C16H30N2O2. The lowest BCUT2D eigenvalue weighted by Gasteiger charge is -2.43. The Labute approximate surface area is 123 Å². The van der Waals surface area contributed by atoms with E-state index in [0.29, 0.717) is 12.5 Å². The number of hydrogen-bond donors (Lipinski definition) is 1. The predicted octanol–water partition coefficient (Wildman–Crippen LogP) is 2.57. The minimum absolute atomic E-state index is 0.00938. The van der Waals surface area contributed by atoms with Gasteiger partial charge in [0.2, 0.25) is 11.8 Å². The third kappa shape index (κ3) is 3.97. The zero-order chi connectivity index (χ0) is 15.5. The van der Waals surface area contributed by atoms with Gasteiger partial charge in [-0.1, -0.05) is 48.0 Å². The first-order valence-corrected chi connectivity index (χ1v) is 7.79. The molecule has 0 aromatic heterocycles. The molecular weight excluding hydrogens is 252 g/mol. The molecule has 1 rings (SSSR count). The van der Waals surface area contributed by atoms with Crippen molar-refractivity contribution in [1.29, 1.82) is 0 Å². The van der Waals surface area contributed by atoms with Gasteiger partial charge in [-0.2, -0.15) is 0 Å². The summed E-state index contributed by atoms with van der Waals surface area (Å²) in [6.45, 7) is 13.0. The van der Waals surface area contributed by atoms with Gasteiger partial charge in [0.1, 0.15) is 12.1 Å². The summed E-state index contributed by atoms with van der Waals surface area (Å²) in [5.41, 5.74) is -0.250. The standard InChI is InChI=1S/C16H30N2O2/c1-7-8-12-14(19)17-13(16(4,5)6)15(20)18(12)10-9-11(2)3/h11-13H,7-10H2,1-6H3,(H,17,19). The number of rotatable bonds is 5. The highest BCUT2D eigenvalue weighted by molar-refractivity contribution is 5.97. The van der Waals surface area contributed by atoms with Crippen molar-refractivity contribution in [3.05, 3.63) is 0 Å². The van der Waals surface area contributed by atoms with E-state index < -0.39 is 6.04 Å². The second-order valence-corrected chi connectivity index (χ2v) is 7.33. The smallest absolute Gasteiger partial charge is 0.246 e. The Balaban J connectivity index is 2.95. The molecule has 1 aliphatic rings. The first-order valence-electron chi connectivity index (χ1n) is 7.79. The Kier molecular flexibility index (Phi) is 5.60. The van der Waals surface area contributed by atoms with Gasteiger partial charge in [-0.3, -0.25) is 9.59 Å². The molecule has 0 radical (unpaired) electrons. The fraction of sp³-hybridized carbons (Fsp3) is 0.875. The topological polar surface area (TPSA) is 49.4 Å². The zero-order valence-electron chi connectivity index (χ0n) is 13.8. The molecule has 0 aromatic carbocycles. The van der Waals surface area contributed by atoms with Crippen LogP contribution in [0.15, 0.2) is 0 Å². The maximum Gasteiger partial charge on any atom is 0.246 e.